The van der Waals surface area contributed by atoms with Crippen LogP contribution in [0.25, 0.3) is 5.65 Å². The summed E-state index contributed by atoms with van der Waals surface area (Å²) >= 11 is 0. The molecule has 7 heteroatoms. The van der Waals surface area contributed by atoms with E-state index in [2.05, 4.69) is 20.4 Å². The molecular formula is C12H12N6O. The van der Waals surface area contributed by atoms with Crippen LogP contribution in [0.5, 0.6) is 0 Å². The lowest BCUT2D eigenvalue weighted by Gasteiger charge is -2.03. The summed E-state index contributed by atoms with van der Waals surface area (Å²) in [5, 5.41) is 6.84. The highest BCUT2D eigenvalue weighted by molar-refractivity contribution is 6.07. The number of anilines is 1. The minimum atomic E-state index is -0.277. The zero-order chi connectivity index (χ0) is 13.4. The van der Waals surface area contributed by atoms with Crippen LogP contribution in [-0.2, 0) is 7.05 Å². The molecule has 3 aromatic heterocycles. The van der Waals surface area contributed by atoms with Crippen molar-refractivity contribution in [1.29, 1.82) is 0 Å². The molecule has 0 aliphatic heterocycles. The summed E-state index contributed by atoms with van der Waals surface area (Å²) in [7, 11) is 1.81. The lowest BCUT2D eigenvalue weighted by Crippen LogP contribution is -2.15. The Morgan fingerprint density at radius 1 is 1.32 bits per heavy atom. The maximum absolute atomic E-state index is 12.2. The van der Waals surface area contributed by atoms with Crippen molar-refractivity contribution in [1.82, 2.24) is 24.1 Å². The van der Waals surface area contributed by atoms with Gasteiger partial charge in [-0.05, 0) is 12.5 Å². The molecule has 3 heterocycles. The summed E-state index contributed by atoms with van der Waals surface area (Å²) in [4.78, 5) is 20.4. The number of amides is 1. The average Bonchev–Trinajstić information content (AvgIpc) is 2.96. The van der Waals surface area contributed by atoms with Crippen LogP contribution < -0.4 is 5.32 Å². The number of imidazole rings is 1. The van der Waals surface area contributed by atoms with Crippen LogP contribution in [0.1, 0.15) is 15.9 Å². The predicted molar refractivity (Wildman–Crippen MR) is 68.9 cm³/mol. The second-order valence-electron chi connectivity index (χ2n) is 4.27. The molecule has 0 aromatic carbocycles. The first-order valence-corrected chi connectivity index (χ1v) is 5.74. The van der Waals surface area contributed by atoms with Crippen LogP contribution in [-0.4, -0.2) is 30.1 Å². The maximum atomic E-state index is 12.2. The van der Waals surface area contributed by atoms with E-state index in [-0.39, 0.29) is 5.91 Å². The number of carbonyl (C=O) groups is 1. The van der Waals surface area contributed by atoms with E-state index in [0.29, 0.717) is 17.2 Å². The van der Waals surface area contributed by atoms with E-state index in [1.165, 1.54) is 6.20 Å². The van der Waals surface area contributed by atoms with E-state index in [4.69, 9.17) is 0 Å². The average molecular weight is 256 g/mol. The summed E-state index contributed by atoms with van der Waals surface area (Å²) < 4.78 is 3.31. The van der Waals surface area contributed by atoms with Gasteiger partial charge in [0.25, 0.3) is 5.91 Å². The molecule has 0 unspecified atom stereocenters. The Labute approximate surface area is 108 Å². The normalized spacial score (nSPS) is 10.8. The summed E-state index contributed by atoms with van der Waals surface area (Å²) in [5.41, 5.74) is 1.92. The third-order valence-electron chi connectivity index (χ3n) is 2.78. The Hall–Kier alpha value is -2.70. The molecule has 0 aliphatic carbocycles. The van der Waals surface area contributed by atoms with Crippen LogP contribution >= 0.6 is 0 Å². The predicted octanol–water partition coefficient (Wildman–Crippen LogP) is 1.02. The minimum absolute atomic E-state index is 0.277. The second-order valence-corrected chi connectivity index (χ2v) is 4.27. The largest absolute Gasteiger partial charge is 0.320 e. The quantitative estimate of drug-likeness (QED) is 0.742. The number of carbonyl (C=O) groups excluding carboxylic acids is 1. The molecule has 0 fully saturated rings. The number of fused-ring (bicyclic) bond motifs is 1. The molecule has 0 atom stereocenters. The smallest absolute Gasteiger partial charge is 0.263 e. The summed E-state index contributed by atoms with van der Waals surface area (Å²) in [6.45, 7) is 1.92. The van der Waals surface area contributed by atoms with Gasteiger partial charge in [0, 0.05) is 31.8 Å². The second kappa shape index (κ2) is 4.20. The molecule has 3 rings (SSSR count). The standard InChI is InChI=1S/C12H12N6O/c1-8-5-14-10-9(6-15-18(10)7-8)11(19)16-12-13-3-4-17(12)2/h3-7H,1-2H3,(H,13,16,19). The molecular weight excluding hydrogens is 244 g/mol. The number of aromatic nitrogens is 5. The van der Waals surface area contributed by atoms with Gasteiger partial charge in [-0.15, -0.1) is 0 Å². The lowest BCUT2D eigenvalue weighted by atomic mass is 10.3. The SMILES string of the molecule is Cc1cnc2c(C(=O)Nc3nccn3C)cnn2c1. The summed E-state index contributed by atoms with van der Waals surface area (Å²) in [6, 6.07) is 0. The van der Waals surface area contributed by atoms with E-state index >= 15 is 0 Å². The third-order valence-corrected chi connectivity index (χ3v) is 2.78. The highest BCUT2D eigenvalue weighted by Crippen LogP contribution is 2.11. The van der Waals surface area contributed by atoms with Crippen LogP contribution in [0, 0.1) is 6.92 Å². The van der Waals surface area contributed by atoms with Crippen molar-refractivity contribution in [3.05, 3.63) is 42.1 Å². The summed E-state index contributed by atoms with van der Waals surface area (Å²) in [5.74, 6) is 0.206. The van der Waals surface area contributed by atoms with E-state index in [1.54, 1.807) is 34.7 Å². The topological polar surface area (TPSA) is 77.1 Å². The van der Waals surface area contributed by atoms with Crippen molar-refractivity contribution in [3.63, 3.8) is 0 Å². The van der Waals surface area contributed by atoms with Gasteiger partial charge in [0.15, 0.2) is 5.65 Å². The van der Waals surface area contributed by atoms with Gasteiger partial charge in [0.2, 0.25) is 5.95 Å². The first-order valence-electron chi connectivity index (χ1n) is 5.74. The molecule has 0 bridgehead atoms. The lowest BCUT2D eigenvalue weighted by molar-refractivity contribution is 0.102. The van der Waals surface area contributed by atoms with Crippen LogP contribution in [0.4, 0.5) is 5.95 Å². The molecule has 1 N–H and O–H groups in total. The Morgan fingerprint density at radius 2 is 2.16 bits per heavy atom. The number of rotatable bonds is 2. The minimum Gasteiger partial charge on any atom is -0.320 e. The number of nitrogens with one attached hydrogen (secondary N) is 1. The Balaban J connectivity index is 1.96. The fourth-order valence-corrected chi connectivity index (χ4v) is 1.78. The van der Waals surface area contributed by atoms with Crippen LogP contribution in [0.15, 0.2) is 31.0 Å². The van der Waals surface area contributed by atoms with Gasteiger partial charge in [-0.2, -0.15) is 5.10 Å². The number of hydrogen-bond donors (Lipinski definition) is 1. The molecule has 0 saturated heterocycles. The van der Waals surface area contributed by atoms with E-state index in [1.807, 2.05) is 13.1 Å². The molecule has 3 aromatic rings. The van der Waals surface area contributed by atoms with E-state index in [0.717, 1.165) is 5.56 Å². The molecule has 1 amide bonds. The molecule has 0 aliphatic rings. The molecule has 19 heavy (non-hydrogen) atoms. The number of nitrogens with zero attached hydrogens (tertiary/aromatic N) is 5. The van der Waals surface area contributed by atoms with Gasteiger partial charge in [0.05, 0.1) is 6.20 Å². The molecule has 0 spiro atoms. The molecule has 96 valence electrons. The van der Waals surface area contributed by atoms with Crippen LogP contribution in [0.3, 0.4) is 0 Å². The van der Waals surface area contributed by atoms with Gasteiger partial charge in [0.1, 0.15) is 5.56 Å². The number of hydrogen-bond acceptors (Lipinski definition) is 4. The maximum Gasteiger partial charge on any atom is 0.263 e. The highest BCUT2D eigenvalue weighted by atomic mass is 16.1. The first-order chi connectivity index (χ1) is 9.15. The monoisotopic (exact) mass is 256 g/mol. The molecule has 7 nitrogen and oxygen atoms in total. The van der Waals surface area contributed by atoms with E-state index < -0.39 is 0 Å². The van der Waals surface area contributed by atoms with Crippen LogP contribution in [0.2, 0.25) is 0 Å². The zero-order valence-corrected chi connectivity index (χ0v) is 10.5. The van der Waals surface area contributed by atoms with E-state index in [9.17, 15) is 4.79 Å². The van der Waals surface area contributed by atoms with Gasteiger partial charge in [-0.3, -0.25) is 10.1 Å². The van der Waals surface area contributed by atoms with Crippen molar-refractivity contribution in [2.45, 2.75) is 6.92 Å². The van der Waals surface area contributed by atoms with Gasteiger partial charge in [-0.1, -0.05) is 0 Å². The van der Waals surface area contributed by atoms with Crippen molar-refractivity contribution in [3.8, 4) is 0 Å². The van der Waals surface area contributed by atoms with Crippen molar-refractivity contribution in [2.24, 2.45) is 7.05 Å². The fourth-order valence-electron chi connectivity index (χ4n) is 1.78. The van der Waals surface area contributed by atoms with Crippen molar-refractivity contribution >= 4 is 17.5 Å². The Morgan fingerprint density at radius 3 is 2.89 bits per heavy atom. The molecule has 0 saturated carbocycles. The van der Waals surface area contributed by atoms with Gasteiger partial charge >= 0.3 is 0 Å². The Bertz CT molecular complexity index is 757. The number of aryl methyl sites for hydroxylation is 2. The molecule has 0 radical (unpaired) electrons. The Kier molecular flexibility index (Phi) is 2.52. The third kappa shape index (κ3) is 1.95. The summed E-state index contributed by atoms with van der Waals surface area (Å²) in [6.07, 6.45) is 8.40. The fraction of sp³-hybridized carbons (Fsp3) is 0.167. The first kappa shape index (κ1) is 11.4. The van der Waals surface area contributed by atoms with Crippen molar-refractivity contribution < 1.29 is 4.79 Å². The van der Waals surface area contributed by atoms with Gasteiger partial charge in [-0.25, -0.2) is 14.5 Å². The zero-order valence-electron chi connectivity index (χ0n) is 10.5. The van der Waals surface area contributed by atoms with Crippen molar-refractivity contribution in [2.75, 3.05) is 5.32 Å². The highest BCUT2D eigenvalue weighted by Gasteiger charge is 2.15. The van der Waals surface area contributed by atoms with Gasteiger partial charge < -0.3 is 4.57 Å².